The lowest BCUT2D eigenvalue weighted by Crippen LogP contribution is -2.53. The highest BCUT2D eigenvalue weighted by atomic mass is 19.1. The molecule has 0 saturated heterocycles. The Bertz CT molecular complexity index is 1430. The van der Waals surface area contributed by atoms with Crippen molar-refractivity contribution < 1.29 is 28.2 Å². The molecule has 0 radical (unpaired) electrons. The predicted octanol–water partition coefficient (Wildman–Crippen LogP) is 6.01. The van der Waals surface area contributed by atoms with Gasteiger partial charge in [0.1, 0.15) is 35.2 Å². The van der Waals surface area contributed by atoms with E-state index in [1.54, 1.807) is 25.3 Å². The molecule has 0 spiro atoms. The van der Waals surface area contributed by atoms with Crippen LogP contribution in [0.15, 0.2) is 72.1 Å². The molecule has 228 valence electrons. The summed E-state index contributed by atoms with van der Waals surface area (Å²) < 4.78 is 31.0. The molecule has 2 aromatic rings. The summed E-state index contributed by atoms with van der Waals surface area (Å²) in [7, 11) is 1.60. The molecule has 1 atom stereocenters. The van der Waals surface area contributed by atoms with E-state index in [-0.39, 0.29) is 12.0 Å². The maximum atomic E-state index is 13.4. The summed E-state index contributed by atoms with van der Waals surface area (Å²) in [6, 6.07) is 5.48. The maximum absolute atomic E-state index is 13.4. The molecule has 1 unspecified atom stereocenters. The van der Waals surface area contributed by atoms with Gasteiger partial charge in [-0.1, -0.05) is 26.3 Å². The van der Waals surface area contributed by atoms with E-state index in [4.69, 9.17) is 14.2 Å². The largest absolute Gasteiger partial charge is 0.498 e. The van der Waals surface area contributed by atoms with Gasteiger partial charge in [-0.3, -0.25) is 9.59 Å². The Balaban J connectivity index is 1.50. The zero-order chi connectivity index (χ0) is 30.8. The van der Waals surface area contributed by atoms with Crippen molar-refractivity contribution in [2.24, 2.45) is 5.41 Å². The first-order valence-electron chi connectivity index (χ1n) is 14.6. The lowest BCUT2D eigenvalue weighted by Gasteiger charge is -2.38. The number of amides is 2. The lowest BCUT2D eigenvalue weighted by molar-refractivity contribution is -0.145. The SMILES string of the molecule is CCCOC(C)/C(=C\c1c(CC)ncnc1OC1=CC=C(NC(=O)C2(C(=O)Nc3ccc(F)cc3)CCC2)CC=C1)OC. The van der Waals surface area contributed by atoms with Gasteiger partial charge in [0.25, 0.3) is 0 Å². The van der Waals surface area contributed by atoms with E-state index in [0.717, 1.165) is 18.5 Å². The van der Waals surface area contributed by atoms with Gasteiger partial charge in [-0.15, -0.1) is 0 Å². The highest BCUT2D eigenvalue weighted by Gasteiger charge is 2.51. The number of methoxy groups -OCH3 is 1. The second-order valence-electron chi connectivity index (χ2n) is 10.5. The highest BCUT2D eigenvalue weighted by Crippen LogP contribution is 2.42. The molecule has 1 fully saturated rings. The smallest absolute Gasteiger partial charge is 0.240 e. The van der Waals surface area contributed by atoms with E-state index in [1.165, 1.54) is 30.6 Å². The summed E-state index contributed by atoms with van der Waals surface area (Å²) in [6.45, 7) is 6.59. The lowest BCUT2D eigenvalue weighted by atomic mass is 9.67. The van der Waals surface area contributed by atoms with Crippen LogP contribution < -0.4 is 15.4 Å². The van der Waals surface area contributed by atoms with Crippen LogP contribution in [-0.4, -0.2) is 41.6 Å². The van der Waals surface area contributed by atoms with E-state index in [2.05, 4.69) is 20.6 Å². The minimum atomic E-state index is -1.18. The molecule has 2 N–H and O–H groups in total. The first kappa shape index (κ1) is 31.6. The third kappa shape index (κ3) is 7.75. The quantitative estimate of drug-likeness (QED) is 0.217. The molecule has 2 aliphatic rings. The minimum Gasteiger partial charge on any atom is -0.498 e. The number of carbonyl (C=O) groups excluding carboxylic acids is 2. The number of halogens is 1. The zero-order valence-electron chi connectivity index (χ0n) is 25.1. The minimum absolute atomic E-state index is 0.259. The van der Waals surface area contributed by atoms with Crippen molar-refractivity contribution in [3.8, 4) is 5.88 Å². The first-order valence-corrected chi connectivity index (χ1v) is 14.6. The van der Waals surface area contributed by atoms with Crippen molar-refractivity contribution in [1.82, 2.24) is 15.3 Å². The van der Waals surface area contributed by atoms with Crippen molar-refractivity contribution in [2.75, 3.05) is 19.0 Å². The molecule has 1 aromatic heterocycles. The summed E-state index contributed by atoms with van der Waals surface area (Å²) >= 11 is 0. The Kier molecular flexibility index (Phi) is 10.8. The van der Waals surface area contributed by atoms with Gasteiger partial charge in [-0.05, 0) is 81.2 Å². The van der Waals surface area contributed by atoms with Gasteiger partial charge in [0.2, 0.25) is 17.7 Å². The molecule has 4 rings (SSSR count). The number of aromatic nitrogens is 2. The molecule has 1 heterocycles. The predicted molar refractivity (Wildman–Crippen MR) is 162 cm³/mol. The number of nitrogens with zero attached hydrogens (tertiary/aromatic N) is 2. The van der Waals surface area contributed by atoms with Crippen molar-refractivity contribution in [2.45, 2.75) is 65.4 Å². The summed E-state index contributed by atoms with van der Waals surface area (Å²) in [5, 5.41) is 5.70. The van der Waals surface area contributed by atoms with Gasteiger partial charge in [0, 0.05) is 24.4 Å². The fraction of sp³-hybridized carbons (Fsp3) is 0.394. The van der Waals surface area contributed by atoms with E-state index in [1.807, 2.05) is 32.9 Å². The van der Waals surface area contributed by atoms with E-state index >= 15 is 0 Å². The number of ether oxygens (including phenoxy) is 3. The number of carbonyl (C=O) groups is 2. The third-order valence-corrected chi connectivity index (χ3v) is 7.50. The van der Waals surface area contributed by atoms with Crippen LogP contribution in [0.2, 0.25) is 0 Å². The van der Waals surface area contributed by atoms with Gasteiger partial charge < -0.3 is 24.8 Å². The number of anilines is 1. The van der Waals surface area contributed by atoms with Crippen molar-refractivity contribution in [3.05, 3.63) is 89.2 Å². The number of hydrogen-bond acceptors (Lipinski definition) is 7. The van der Waals surface area contributed by atoms with E-state index < -0.39 is 17.1 Å². The number of allylic oxidation sites excluding steroid dienone is 4. The Morgan fingerprint density at radius 3 is 2.49 bits per heavy atom. The third-order valence-electron chi connectivity index (χ3n) is 7.50. The molecule has 0 aliphatic heterocycles. The van der Waals surface area contributed by atoms with Crippen LogP contribution in [0.4, 0.5) is 10.1 Å². The molecule has 2 aliphatic carbocycles. The van der Waals surface area contributed by atoms with Gasteiger partial charge >= 0.3 is 0 Å². The fourth-order valence-corrected chi connectivity index (χ4v) is 4.80. The summed E-state index contributed by atoms with van der Waals surface area (Å²) in [5.41, 5.74) is 1.39. The van der Waals surface area contributed by atoms with Crippen LogP contribution in [-0.2, 0) is 25.5 Å². The van der Waals surface area contributed by atoms with Crippen LogP contribution in [0.25, 0.3) is 6.08 Å². The van der Waals surface area contributed by atoms with E-state index in [0.29, 0.717) is 66.6 Å². The van der Waals surface area contributed by atoms with Crippen LogP contribution >= 0.6 is 0 Å². The van der Waals surface area contributed by atoms with Gasteiger partial charge in [-0.25, -0.2) is 14.4 Å². The van der Waals surface area contributed by atoms with Gasteiger partial charge in [0.15, 0.2) is 0 Å². The van der Waals surface area contributed by atoms with Crippen molar-refractivity contribution in [1.29, 1.82) is 0 Å². The molecule has 0 bridgehead atoms. The Morgan fingerprint density at radius 2 is 1.84 bits per heavy atom. The van der Waals surface area contributed by atoms with E-state index in [9.17, 15) is 14.0 Å². The Morgan fingerprint density at radius 1 is 1.09 bits per heavy atom. The molecule has 1 saturated carbocycles. The number of rotatable bonds is 13. The molecule has 43 heavy (non-hydrogen) atoms. The number of benzene rings is 1. The van der Waals surface area contributed by atoms with Crippen LogP contribution in [0.1, 0.15) is 64.1 Å². The summed E-state index contributed by atoms with van der Waals surface area (Å²) in [6.07, 6.45) is 13.9. The fourth-order valence-electron chi connectivity index (χ4n) is 4.80. The molecular weight excluding hydrogens is 551 g/mol. The molecule has 2 amide bonds. The monoisotopic (exact) mass is 590 g/mol. The average Bonchev–Trinajstić information content (AvgIpc) is 3.20. The molecule has 10 heteroatoms. The summed E-state index contributed by atoms with van der Waals surface area (Å²) in [5.74, 6) is 0.356. The second kappa shape index (κ2) is 14.7. The van der Waals surface area contributed by atoms with Gasteiger partial charge in [0.05, 0.1) is 18.4 Å². The average molecular weight is 591 g/mol. The van der Waals surface area contributed by atoms with Crippen molar-refractivity contribution in [3.63, 3.8) is 0 Å². The number of hydrogen-bond donors (Lipinski definition) is 2. The van der Waals surface area contributed by atoms with Crippen LogP contribution in [0, 0.1) is 11.2 Å². The number of aryl methyl sites for hydroxylation is 1. The van der Waals surface area contributed by atoms with Crippen LogP contribution in [0.3, 0.4) is 0 Å². The molecule has 1 aromatic carbocycles. The Labute approximate surface area is 251 Å². The standard InChI is InChI=1S/C33H39FN4O5/c1-5-19-42-22(3)29(41-4)20-27-28(6-2)35-21-36-30(27)43-26-10-7-9-24(15-16-26)37-31(39)33(17-8-18-33)32(40)38-25-13-11-23(34)12-14-25/h7,10-16,20-22H,5-6,8-9,17-19H2,1-4H3,(H,37,39)(H,38,40)/b29-20+. The topological polar surface area (TPSA) is 112 Å². The zero-order valence-corrected chi connectivity index (χ0v) is 25.1. The second-order valence-corrected chi connectivity index (χ2v) is 10.5. The molecule has 9 nitrogen and oxygen atoms in total. The first-order chi connectivity index (χ1) is 20.8. The maximum Gasteiger partial charge on any atom is 0.240 e. The molecular formula is C33H39FN4O5. The van der Waals surface area contributed by atoms with Gasteiger partial charge in [-0.2, -0.15) is 0 Å². The van der Waals surface area contributed by atoms with Crippen LogP contribution in [0.5, 0.6) is 5.88 Å². The van der Waals surface area contributed by atoms with Crippen molar-refractivity contribution >= 4 is 23.6 Å². The highest BCUT2D eigenvalue weighted by molar-refractivity contribution is 6.11. The Hall–Kier alpha value is -4.31. The summed E-state index contributed by atoms with van der Waals surface area (Å²) in [4.78, 5) is 35.3. The number of nitrogens with one attached hydrogen (secondary N) is 2. The normalized spacial score (nSPS) is 16.6.